The highest BCUT2D eigenvalue weighted by molar-refractivity contribution is 5.96. The first-order chi connectivity index (χ1) is 16.2. The van der Waals surface area contributed by atoms with Crippen molar-refractivity contribution in [2.75, 3.05) is 20.3 Å². The minimum Gasteiger partial charge on any atom is -0.496 e. The molecule has 0 saturated heterocycles. The average Bonchev–Trinajstić information content (AvgIpc) is 3.20. The molecule has 6 nitrogen and oxygen atoms in total. The van der Waals surface area contributed by atoms with E-state index in [1.165, 1.54) is 0 Å². The smallest absolute Gasteiger partial charge is 0.255 e. The maximum atomic E-state index is 12.6. The summed E-state index contributed by atoms with van der Waals surface area (Å²) in [6, 6.07) is 23.4. The Hall–Kier alpha value is -3.80. The molecule has 1 N–H and O–H groups in total. The summed E-state index contributed by atoms with van der Waals surface area (Å²) in [7, 11) is 1.57. The van der Waals surface area contributed by atoms with Crippen molar-refractivity contribution in [3.63, 3.8) is 0 Å². The summed E-state index contributed by atoms with van der Waals surface area (Å²) in [5, 5.41) is 2.99. The Balaban J connectivity index is 1.39. The molecule has 0 aliphatic heterocycles. The van der Waals surface area contributed by atoms with Crippen LogP contribution in [-0.4, -0.2) is 35.7 Å². The predicted octanol–water partition coefficient (Wildman–Crippen LogP) is 4.79. The van der Waals surface area contributed by atoms with E-state index < -0.39 is 0 Å². The van der Waals surface area contributed by atoms with Crippen LogP contribution in [0.15, 0.2) is 72.8 Å². The first-order valence-corrected chi connectivity index (χ1v) is 11.2. The van der Waals surface area contributed by atoms with Gasteiger partial charge in [0.1, 0.15) is 17.3 Å². The van der Waals surface area contributed by atoms with E-state index in [0.29, 0.717) is 30.9 Å². The van der Waals surface area contributed by atoms with E-state index in [4.69, 9.17) is 14.5 Å². The third kappa shape index (κ3) is 5.34. The summed E-state index contributed by atoms with van der Waals surface area (Å²) in [5.41, 5.74) is 3.72. The van der Waals surface area contributed by atoms with Gasteiger partial charge in [-0.2, -0.15) is 0 Å². The van der Waals surface area contributed by atoms with E-state index in [1.807, 2.05) is 48.5 Å². The molecule has 3 aromatic carbocycles. The summed E-state index contributed by atoms with van der Waals surface area (Å²) >= 11 is 0. The minimum atomic E-state index is -0.151. The molecule has 170 valence electrons. The number of methoxy groups -OCH3 is 1. The second kappa shape index (κ2) is 10.7. The highest BCUT2D eigenvalue weighted by Gasteiger charge is 2.13. The number of hydrogen-bond donors (Lipinski definition) is 1. The lowest BCUT2D eigenvalue weighted by molar-refractivity contribution is 0.0951. The Morgan fingerprint density at radius 2 is 1.70 bits per heavy atom. The Labute approximate surface area is 194 Å². The van der Waals surface area contributed by atoms with Crippen molar-refractivity contribution in [2.45, 2.75) is 26.3 Å². The van der Waals surface area contributed by atoms with Gasteiger partial charge >= 0.3 is 0 Å². The number of imidazole rings is 1. The number of nitrogens with one attached hydrogen (secondary N) is 1. The van der Waals surface area contributed by atoms with Gasteiger partial charge in [0.05, 0.1) is 30.3 Å². The number of para-hydroxylation sites is 4. The first kappa shape index (κ1) is 22.4. The van der Waals surface area contributed by atoms with Gasteiger partial charge in [0.2, 0.25) is 0 Å². The van der Waals surface area contributed by atoms with Crippen LogP contribution in [0, 0.1) is 6.92 Å². The molecule has 0 spiro atoms. The molecule has 4 aromatic rings. The lowest BCUT2D eigenvalue weighted by Crippen LogP contribution is -2.27. The van der Waals surface area contributed by atoms with Gasteiger partial charge in [-0.25, -0.2) is 4.98 Å². The van der Waals surface area contributed by atoms with E-state index >= 15 is 0 Å². The van der Waals surface area contributed by atoms with E-state index in [1.54, 1.807) is 19.2 Å². The van der Waals surface area contributed by atoms with Crippen LogP contribution >= 0.6 is 0 Å². The second-order valence-corrected chi connectivity index (χ2v) is 7.84. The molecule has 0 bridgehead atoms. The number of aromatic nitrogens is 2. The molecule has 0 aliphatic rings. The number of benzene rings is 3. The van der Waals surface area contributed by atoms with Crippen LogP contribution in [0.2, 0.25) is 0 Å². The third-order valence-corrected chi connectivity index (χ3v) is 5.60. The fourth-order valence-corrected chi connectivity index (χ4v) is 3.90. The number of fused-ring (bicyclic) bond motifs is 1. The normalized spacial score (nSPS) is 10.8. The second-order valence-electron chi connectivity index (χ2n) is 7.84. The largest absolute Gasteiger partial charge is 0.496 e. The molecule has 0 fully saturated rings. The van der Waals surface area contributed by atoms with Crippen molar-refractivity contribution in [1.82, 2.24) is 14.9 Å². The zero-order chi connectivity index (χ0) is 23.0. The number of carbonyl (C=O) groups is 1. The molecule has 0 radical (unpaired) electrons. The Morgan fingerprint density at radius 1 is 0.970 bits per heavy atom. The van der Waals surface area contributed by atoms with Crippen LogP contribution in [0.1, 0.15) is 28.2 Å². The predicted molar refractivity (Wildman–Crippen MR) is 130 cm³/mol. The number of ether oxygens (including phenoxy) is 2. The Kier molecular flexibility index (Phi) is 7.25. The van der Waals surface area contributed by atoms with Crippen LogP contribution in [0.5, 0.6) is 11.5 Å². The molecule has 33 heavy (non-hydrogen) atoms. The van der Waals surface area contributed by atoms with Crippen molar-refractivity contribution in [1.29, 1.82) is 0 Å². The molecule has 0 saturated carbocycles. The van der Waals surface area contributed by atoms with E-state index in [0.717, 1.165) is 41.1 Å². The molecule has 0 aliphatic carbocycles. The van der Waals surface area contributed by atoms with Crippen LogP contribution in [0.4, 0.5) is 0 Å². The number of rotatable bonds is 10. The maximum Gasteiger partial charge on any atom is 0.255 e. The van der Waals surface area contributed by atoms with Crippen LogP contribution in [0.25, 0.3) is 11.0 Å². The molecule has 6 heteroatoms. The van der Waals surface area contributed by atoms with E-state index in [2.05, 4.69) is 28.9 Å². The number of hydrogen-bond acceptors (Lipinski definition) is 4. The standard InChI is InChI=1S/C27H29N3O3/c1-20-10-3-7-14-24(20)33-19-9-18-30-23-13-6-5-12-22(23)29-26(30)16-17-28-27(31)21-11-4-8-15-25(21)32-2/h3-8,10-15H,9,16-19H2,1-2H3,(H,28,31). The van der Waals surface area contributed by atoms with Crippen molar-refractivity contribution in [2.24, 2.45) is 0 Å². The topological polar surface area (TPSA) is 65.4 Å². The lowest BCUT2D eigenvalue weighted by atomic mass is 10.2. The molecule has 1 aromatic heterocycles. The van der Waals surface area contributed by atoms with Gasteiger partial charge in [0.15, 0.2) is 0 Å². The van der Waals surface area contributed by atoms with Crippen molar-refractivity contribution in [3.05, 3.63) is 89.7 Å². The SMILES string of the molecule is COc1ccccc1C(=O)NCCc1nc2ccccc2n1CCCOc1ccccc1C. The summed E-state index contributed by atoms with van der Waals surface area (Å²) < 4.78 is 13.5. The summed E-state index contributed by atoms with van der Waals surface area (Å²) in [5.74, 6) is 2.29. The van der Waals surface area contributed by atoms with Gasteiger partial charge in [0.25, 0.3) is 5.91 Å². The molecule has 0 atom stereocenters. The van der Waals surface area contributed by atoms with Crippen LogP contribution in [-0.2, 0) is 13.0 Å². The molecule has 4 rings (SSSR count). The zero-order valence-electron chi connectivity index (χ0n) is 19.1. The van der Waals surface area contributed by atoms with Gasteiger partial charge in [0, 0.05) is 19.5 Å². The average molecular weight is 444 g/mol. The maximum absolute atomic E-state index is 12.6. The monoisotopic (exact) mass is 443 g/mol. The summed E-state index contributed by atoms with van der Waals surface area (Å²) in [6.07, 6.45) is 1.49. The number of amides is 1. The fourth-order valence-electron chi connectivity index (χ4n) is 3.90. The van der Waals surface area contributed by atoms with Crippen LogP contribution in [0.3, 0.4) is 0 Å². The zero-order valence-corrected chi connectivity index (χ0v) is 19.1. The van der Waals surface area contributed by atoms with E-state index in [9.17, 15) is 4.79 Å². The summed E-state index contributed by atoms with van der Waals surface area (Å²) in [6.45, 7) is 3.96. The first-order valence-electron chi connectivity index (χ1n) is 11.2. The van der Waals surface area contributed by atoms with E-state index in [-0.39, 0.29) is 5.91 Å². The van der Waals surface area contributed by atoms with Gasteiger partial charge in [-0.1, -0.05) is 42.5 Å². The van der Waals surface area contributed by atoms with Crippen molar-refractivity contribution in [3.8, 4) is 11.5 Å². The molecule has 1 heterocycles. The number of aryl methyl sites for hydroxylation is 2. The van der Waals surface area contributed by atoms with Gasteiger partial charge in [-0.05, 0) is 49.2 Å². The minimum absolute atomic E-state index is 0.151. The van der Waals surface area contributed by atoms with Gasteiger partial charge in [-0.3, -0.25) is 4.79 Å². The fraction of sp³-hybridized carbons (Fsp3) is 0.259. The van der Waals surface area contributed by atoms with Crippen molar-refractivity contribution < 1.29 is 14.3 Å². The Bertz CT molecular complexity index is 1230. The Morgan fingerprint density at radius 3 is 2.52 bits per heavy atom. The van der Waals surface area contributed by atoms with Crippen molar-refractivity contribution >= 4 is 16.9 Å². The third-order valence-electron chi connectivity index (χ3n) is 5.60. The van der Waals surface area contributed by atoms with Gasteiger partial charge in [-0.15, -0.1) is 0 Å². The van der Waals surface area contributed by atoms with Gasteiger partial charge < -0.3 is 19.4 Å². The quantitative estimate of drug-likeness (QED) is 0.358. The molecule has 1 amide bonds. The number of carbonyl (C=O) groups excluding carboxylic acids is 1. The lowest BCUT2D eigenvalue weighted by Gasteiger charge is -2.12. The highest BCUT2D eigenvalue weighted by atomic mass is 16.5. The van der Waals surface area contributed by atoms with Crippen LogP contribution < -0.4 is 14.8 Å². The number of nitrogens with zero attached hydrogens (tertiary/aromatic N) is 2. The summed E-state index contributed by atoms with van der Waals surface area (Å²) in [4.78, 5) is 17.4. The molecular weight excluding hydrogens is 414 g/mol. The highest BCUT2D eigenvalue weighted by Crippen LogP contribution is 2.20. The molecular formula is C27H29N3O3. The molecule has 0 unspecified atom stereocenters.